The number of rotatable bonds is 7. The molecule has 3 aromatic rings. The first-order valence-electron chi connectivity index (χ1n) is 8.85. The van der Waals surface area contributed by atoms with Crippen LogP contribution in [0.25, 0.3) is 0 Å². The third-order valence-corrected chi connectivity index (χ3v) is 4.89. The van der Waals surface area contributed by atoms with Crippen LogP contribution in [0, 0.1) is 6.92 Å². The molecular weight excluding hydrogens is 342 g/mol. The van der Waals surface area contributed by atoms with E-state index in [1.54, 1.807) is 6.20 Å². The van der Waals surface area contributed by atoms with Crippen molar-refractivity contribution in [3.63, 3.8) is 0 Å². The van der Waals surface area contributed by atoms with Crippen molar-refractivity contribution in [3.05, 3.63) is 75.7 Å². The molecule has 0 saturated carbocycles. The lowest BCUT2D eigenvalue weighted by atomic mass is 10.1. The number of thiophene rings is 1. The molecule has 0 aliphatic heterocycles. The maximum atomic E-state index is 4.72. The first-order chi connectivity index (χ1) is 12.7. The molecule has 136 valence electrons. The number of aliphatic imine (C=N–C) groups is 1. The van der Waals surface area contributed by atoms with Crippen molar-refractivity contribution in [1.29, 1.82) is 0 Å². The highest BCUT2D eigenvalue weighted by Gasteiger charge is 2.02. The van der Waals surface area contributed by atoms with Gasteiger partial charge >= 0.3 is 0 Å². The molecule has 26 heavy (non-hydrogen) atoms. The smallest absolute Gasteiger partial charge is 0.191 e. The average molecular weight is 368 g/mol. The van der Waals surface area contributed by atoms with E-state index in [2.05, 4.69) is 66.0 Å². The van der Waals surface area contributed by atoms with Crippen molar-refractivity contribution >= 4 is 17.3 Å². The number of aromatic nitrogens is 2. The molecule has 5 nitrogen and oxygen atoms in total. The molecule has 1 aromatic carbocycles. The number of hydrogen-bond donors (Lipinski definition) is 2. The number of nitrogens with zero attached hydrogens (tertiary/aromatic N) is 3. The maximum Gasteiger partial charge on any atom is 0.191 e. The number of guanidine groups is 1. The van der Waals surface area contributed by atoms with Crippen molar-refractivity contribution in [2.24, 2.45) is 4.99 Å². The lowest BCUT2D eigenvalue weighted by Gasteiger charge is -2.11. The van der Waals surface area contributed by atoms with Gasteiger partial charge < -0.3 is 10.6 Å². The van der Waals surface area contributed by atoms with E-state index in [4.69, 9.17) is 4.99 Å². The summed E-state index contributed by atoms with van der Waals surface area (Å²) in [7, 11) is 0. The highest BCUT2D eigenvalue weighted by molar-refractivity contribution is 7.11. The molecule has 0 saturated heterocycles. The summed E-state index contributed by atoms with van der Waals surface area (Å²) in [4.78, 5) is 7.37. The molecule has 2 aromatic heterocycles. The summed E-state index contributed by atoms with van der Waals surface area (Å²) in [6, 6.07) is 14.8. The molecule has 6 heteroatoms. The number of nitrogens with one attached hydrogen (secondary N) is 2. The van der Waals surface area contributed by atoms with E-state index in [-0.39, 0.29) is 0 Å². The zero-order chi connectivity index (χ0) is 18.2. The molecule has 0 aliphatic rings. The third kappa shape index (κ3) is 5.46. The molecule has 2 heterocycles. The van der Waals surface area contributed by atoms with Crippen LogP contribution in [0.3, 0.4) is 0 Å². The Morgan fingerprint density at radius 1 is 1.15 bits per heavy atom. The van der Waals surface area contributed by atoms with Gasteiger partial charge in [-0.15, -0.1) is 11.3 Å². The van der Waals surface area contributed by atoms with Crippen molar-refractivity contribution < 1.29 is 0 Å². The van der Waals surface area contributed by atoms with E-state index in [0.717, 1.165) is 25.6 Å². The zero-order valence-corrected chi connectivity index (χ0v) is 16.1. The minimum Gasteiger partial charge on any atom is -0.357 e. The van der Waals surface area contributed by atoms with E-state index < -0.39 is 0 Å². The second-order valence-electron chi connectivity index (χ2n) is 6.08. The summed E-state index contributed by atoms with van der Waals surface area (Å²) in [6.07, 6.45) is 3.78. The van der Waals surface area contributed by atoms with Gasteiger partial charge in [0.2, 0.25) is 0 Å². The highest BCUT2D eigenvalue weighted by Crippen LogP contribution is 2.14. The van der Waals surface area contributed by atoms with Crippen molar-refractivity contribution in [3.8, 4) is 0 Å². The second-order valence-corrected chi connectivity index (χ2v) is 7.46. The first-order valence-corrected chi connectivity index (χ1v) is 9.67. The van der Waals surface area contributed by atoms with E-state index in [9.17, 15) is 0 Å². The van der Waals surface area contributed by atoms with Crippen LogP contribution in [0.1, 0.15) is 27.8 Å². The Labute approximate surface area is 158 Å². The number of aryl methyl sites for hydroxylation is 1. The summed E-state index contributed by atoms with van der Waals surface area (Å²) in [5.41, 5.74) is 2.42. The molecule has 0 amide bonds. The van der Waals surface area contributed by atoms with Gasteiger partial charge in [0.15, 0.2) is 5.96 Å². The van der Waals surface area contributed by atoms with E-state index in [0.29, 0.717) is 6.54 Å². The Bertz CT molecular complexity index is 836. The molecule has 0 radical (unpaired) electrons. The maximum absolute atomic E-state index is 4.72. The fourth-order valence-corrected chi connectivity index (χ4v) is 3.50. The average Bonchev–Trinajstić information content (AvgIpc) is 3.29. The van der Waals surface area contributed by atoms with Gasteiger partial charge in [-0.1, -0.05) is 24.3 Å². The Balaban J connectivity index is 1.61. The van der Waals surface area contributed by atoms with Crippen LogP contribution in [0.4, 0.5) is 0 Å². The Hall–Kier alpha value is -2.60. The van der Waals surface area contributed by atoms with Crippen molar-refractivity contribution in [1.82, 2.24) is 20.4 Å². The van der Waals surface area contributed by atoms with Gasteiger partial charge in [-0.2, -0.15) is 5.10 Å². The van der Waals surface area contributed by atoms with Crippen LogP contribution in [0.5, 0.6) is 0 Å². The summed E-state index contributed by atoms with van der Waals surface area (Å²) in [6.45, 7) is 7.27. The van der Waals surface area contributed by atoms with Gasteiger partial charge in [-0.05, 0) is 43.2 Å². The largest absolute Gasteiger partial charge is 0.357 e. The molecular formula is C20H25N5S. The van der Waals surface area contributed by atoms with Gasteiger partial charge in [0.25, 0.3) is 0 Å². The molecule has 2 N–H and O–H groups in total. The molecule has 0 atom stereocenters. The predicted molar refractivity (Wildman–Crippen MR) is 108 cm³/mol. The van der Waals surface area contributed by atoms with Gasteiger partial charge in [0.1, 0.15) is 0 Å². The summed E-state index contributed by atoms with van der Waals surface area (Å²) in [5.74, 6) is 0.844. The van der Waals surface area contributed by atoms with Crippen molar-refractivity contribution in [2.75, 3.05) is 6.54 Å². The monoisotopic (exact) mass is 367 g/mol. The quantitative estimate of drug-likeness (QED) is 0.496. The minimum atomic E-state index is 0.645. The highest BCUT2D eigenvalue weighted by atomic mass is 32.1. The third-order valence-electron chi connectivity index (χ3n) is 3.89. The molecule has 3 rings (SSSR count). The predicted octanol–water partition coefficient (Wildman–Crippen LogP) is 3.56. The fourth-order valence-electron chi connectivity index (χ4n) is 2.67. The Morgan fingerprint density at radius 3 is 2.77 bits per heavy atom. The topological polar surface area (TPSA) is 54.2 Å². The SMILES string of the molecule is CCNC(=NCc1cccc(Cn2cccn2)c1)NCc1ccc(C)s1. The van der Waals surface area contributed by atoms with Crippen molar-refractivity contribution in [2.45, 2.75) is 33.5 Å². The first kappa shape index (κ1) is 18.2. The Morgan fingerprint density at radius 2 is 2.04 bits per heavy atom. The van der Waals surface area contributed by atoms with Gasteiger partial charge in [-0.3, -0.25) is 4.68 Å². The second kappa shape index (κ2) is 9.20. The number of hydrogen-bond acceptors (Lipinski definition) is 3. The lowest BCUT2D eigenvalue weighted by molar-refractivity contribution is 0.686. The van der Waals surface area contributed by atoms with E-state index >= 15 is 0 Å². The van der Waals surface area contributed by atoms with Crippen LogP contribution < -0.4 is 10.6 Å². The van der Waals surface area contributed by atoms with Crippen LogP contribution in [-0.2, 0) is 19.6 Å². The molecule has 0 unspecified atom stereocenters. The summed E-state index contributed by atoms with van der Waals surface area (Å²) in [5, 5.41) is 11.0. The van der Waals surface area contributed by atoms with Gasteiger partial charge in [0, 0.05) is 28.7 Å². The van der Waals surface area contributed by atoms with E-state index in [1.807, 2.05) is 28.3 Å². The van der Waals surface area contributed by atoms with E-state index in [1.165, 1.54) is 20.9 Å². The standard InChI is InChI=1S/C20H25N5S/c1-3-21-20(23-14-19-9-8-16(2)26-19)22-13-17-6-4-7-18(12-17)15-25-11-5-10-24-25/h4-12H,3,13-15H2,1-2H3,(H2,21,22,23). The van der Waals surface area contributed by atoms with Crippen LogP contribution in [0.15, 0.2) is 59.9 Å². The summed E-state index contributed by atoms with van der Waals surface area (Å²) < 4.78 is 1.93. The van der Waals surface area contributed by atoms with Gasteiger partial charge in [0.05, 0.1) is 19.6 Å². The number of benzene rings is 1. The summed E-state index contributed by atoms with van der Waals surface area (Å²) >= 11 is 1.81. The van der Waals surface area contributed by atoms with Crippen LogP contribution in [0.2, 0.25) is 0 Å². The fraction of sp³-hybridized carbons (Fsp3) is 0.300. The van der Waals surface area contributed by atoms with Crippen LogP contribution >= 0.6 is 11.3 Å². The van der Waals surface area contributed by atoms with Gasteiger partial charge in [-0.25, -0.2) is 4.99 Å². The zero-order valence-electron chi connectivity index (χ0n) is 15.3. The lowest BCUT2D eigenvalue weighted by Crippen LogP contribution is -2.36. The molecule has 0 bridgehead atoms. The van der Waals surface area contributed by atoms with Crippen LogP contribution in [-0.4, -0.2) is 22.3 Å². The Kier molecular flexibility index (Phi) is 6.44. The molecule has 0 fully saturated rings. The normalized spacial score (nSPS) is 11.5. The molecule has 0 spiro atoms. The molecule has 0 aliphatic carbocycles. The minimum absolute atomic E-state index is 0.645.